The second kappa shape index (κ2) is 5.87. The van der Waals surface area contributed by atoms with Gasteiger partial charge in [0.1, 0.15) is 10.6 Å². The van der Waals surface area contributed by atoms with Crippen molar-refractivity contribution in [3.05, 3.63) is 23.3 Å². The van der Waals surface area contributed by atoms with Gasteiger partial charge in [0.15, 0.2) is 9.84 Å². The van der Waals surface area contributed by atoms with E-state index >= 15 is 0 Å². The van der Waals surface area contributed by atoms with Gasteiger partial charge in [-0.1, -0.05) is 15.9 Å². The molecule has 1 aromatic carbocycles. The lowest BCUT2D eigenvalue weighted by Gasteiger charge is -2.12. The van der Waals surface area contributed by atoms with Crippen molar-refractivity contribution < 1.29 is 13.2 Å². The van der Waals surface area contributed by atoms with Crippen molar-refractivity contribution in [2.45, 2.75) is 25.2 Å². The summed E-state index contributed by atoms with van der Waals surface area (Å²) in [6.07, 6.45) is 0.596. The predicted octanol–water partition coefficient (Wildman–Crippen LogP) is 2.87. The van der Waals surface area contributed by atoms with Gasteiger partial charge in [0, 0.05) is 5.33 Å². The van der Waals surface area contributed by atoms with Crippen LogP contribution in [0, 0.1) is 13.8 Å². The van der Waals surface area contributed by atoms with E-state index < -0.39 is 9.84 Å². The summed E-state index contributed by atoms with van der Waals surface area (Å²) in [5, 5.41) is 0.680. The van der Waals surface area contributed by atoms with Crippen LogP contribution in [0.4, 0.5) is 0 Å². The fraction of sp³-hybridized carbons (Fsp3) is 0.500. The Morgan fingerprint density at radius 2 is 1.82 bits per heavy atom. The second-order valence-corrected chi connectivity index (χ2v) is 6.82. The minimum Gasteiger partial charge on any atom is -0.495 e. The maximum absolute atomic E-state index is 12.1. The van der Waals surface area contributed by atoms with Gasteiger partial charge >= 0.3 is 0 Å². The molecule has 0 saturated carbocycles. The zero-order valence-electron chi connectivity index (χ0n) is 10.3. The van der Waals surface area contributed by atoms with Gasteiger partial charge in [-0.25, -0.2) is 8.42 Å². The molecular formula is C12H17BrO3S. The number of hydrogen-bond acceptors (Lipinski definition) is 3. The number of ether oxygens (including phenoxy) is 1. The third-order valence-corrected chi connectivity index (χ3v) is 5.04. The van der Waals surface area contributed by atoms with Crippen LogP contribution in [0.1, 0.15) is 17.5 Å². The molecule has 0 bridgehead atoms. The van der Waals surface area contributed by atoms with E-state index in [1.807, 2.05) is 13.8 Å². The fourth-order valence-corrected chi connectivity index (χ4v) is 3.72. The molecule has 3 nitrogen and oxygen atoms in total. The molecule has 0 fully saturated rings. The highest BCUT2D eigenvalue weighted by Gasteiger charge is 2.20. The molecule has 0 radical (unpaired) electrons. The zero-order valence-corrected chi connectivity index (χ0v) is 12.7. The predicted molar refractivity (Wildman–Crippen MR) is 72.9 cm³/mol. The van der Waals surface area contributed by atoms with Crippen LogP contribution in [0.15, 0.2) is 17.0 Å². The SMILES string of the molecule is COc1cc(C)c(C)cc1S(=O)(=O)CCCBr. The molecule has 0 aliphatic heterocycles. The van der Waals surface area contributed by atoms with Crippen molar-refractivity contribution in [3.63, 3.8) is 0 Å². The molecule has 0 heterocycles. The molecule has 0 saturated heterocycles. The summed E-state index contributed by atoms with van der Waals surface area (Å²) in [6, 6.07) is 3.47. The first-order valence-electron chi connectivity index (χ1n) is 5.36. The van der Waals surface area contributed by atoms with Gasteiger partial charge in [0.05, 0.1) is 12.9 Å². The van der Waals surface area contributed by atoms with Gasteiger partial charge in [-0.15, -0.1) is 0 Å². The normalized spacial score (nSPS) is 11.5. The van der Waals surface area contributed by atoms with Gasteiger partial charge < -0.3 is 4.74 Å². The number of hydrogen-bond donors (Lipinski definition) is 0. The third-order valence-electron chi connectivity index (χ3n) is 2.66. The maximum Gasteiger partial charge on any atom is 0.182 e. The van der Waals surface area contributed by atoms with Crippen LogP contribution in [0.3, 0.4) is 0 Å². The van der Waals surface area contributed by atoms with E-state index in [0.717, 1.165) is 11.1 Å². The number of aryl methyl sites for hydroxylation is 2. The van der Waals surface area contributed by atoms with Crippen LogP contribution in [0.2, 0.25) is 0 Å². The molecule has 0 unspecified atom stereocenters. The van der Waals surface area contributed by atoms with Crippen molar-refractivity contribution in [1.82, 2.24) is 0 Å². The standard InChI is InChI=1S/C12H17BrO3S/c1-9-7-11(16-3)12(8-10(9)2)17(14,15)6-4-5-13/h7-8H,4-6H2,1-3H3. The van der Waals surface area contributed by atoms with E-state index in [-0.39, 0.29) is 5.75 Å². The minimum absolute atomic E-state index is 0.136. The average Bonchev–Trinajstić information content (AvgIpc) is 2.29. The van der Waals surface area contributed by atoms with E-state index in [0.29, 0.717) is 22.4 Å². The van der Waals surface area contributed by atoms with Gasteiger partial charge in [-0.3, -0.25) is 0 Å². The summed E-state index contributed by atoms with van der Waals surface area (Å²) in [5.41, 5.74) is 1.99. The Balaban J connectivity index is 3.25. The first kappa shape index (κ1) is 14.5. The van der Waals surface area contributed by atoms with Gasteiger partial charge in [-0.2, -0.15) is 0 Å². The summed E-state index contributed by atoms with van der Waals surface area (Å²) in [4.78, 5) is 0.295. The molecule has 0 aliphatic rings. The first-order valence-corrected chi connectivity index (χ1v) is 8.13. The molecule has 0 aromatic heterocycles. The fourth-order valence-electron chi connectivity index (χ4n) is 1.52. The lowest BCUT2D eigenvalue weighted by atomic mass is 10.1. The Bertz CT molecular complexity index is 495. The highest BCUT2D eigenvalue weighted by atomic mass is 79.9. The van der Waals surface area contributed by atoms with E-state index in [4.69, 9.17) is 4.74 Å². The first-order chi connectivity index (χ1) is 7.92. The quantitative estimate of drug-likeness (QED) is 0.783. The maximum atomic E-state index is 12.1. The molecule has 5 heteroatoms. The van der Waals surface area contributed by atoms with E-state index in [1.165, 1.54) is 7.11 Å². The second-order valence-electron chi connectivity index (χ2n) is 3.95. The van der Waals surface area contributed by atoms with Crippen molar-refractivity contribution in [2.24, 2.45) is 0 Å². The Morgan fingerprint density at radius 1 is 1.24 bits per heavy atom. The van der Waals surface area contributed by atoms with E-state index in [2.05, 4.69) is 15.9 Å². The van der Waals surface area contributed by atoms with Crippen molar-refractivity contribution in [3.8, 4) is 5.75 Å². The molecule has 0 N–H and O–H groups in total. The number of methoxy groups -OCH3 is 1. The number of halogens is 1. The summed E-state index contributed by atoms with van der Waals surface area (Å²) >= 11 is 3.24. The molecular weight excluding hydrogens is 304 g/mol. The summed E-state index contributed by atoms with van der Waals surface area (Å²) in [5.74, 6) is 0.569. The molecule has 1 aromatic rings. The topological polar surface area (TPSA) is 43.4 Å². The van der Waals surface area contributed by atoms with Crippen LogP contribution in [0.5, 0.6) is 5.75 Å². The van der Waals surface area contributed by atoms with Gasteiger partial charge in [-0.05, 0) is 43.5 Å². The van der Waals surface area contributed by atoms with E-state index in [9.17, 15) is 8.42 Å². The number of sulfone groups is 1. The smallest absolute Gasteiger partial charge is 0.182 e. The molecule has 0 aliphatic carbocycles. The van der Waals surface area contributed by atoms with Crippen LogP contribution in [-0.4, -0.2) is 26.6 Å². The van der Waals surface area contributed by atoms with Gasteiger partial charge in [0.25, 0.3) is 0 Å². The molecule has 0 atom stereocenters. The Labute approximate surface area is 111 Å². The Hall–Kier alpha value is -0.550. The summed E-state index contributed by atoms with van der Waals surface area (Å²) in [6.45, 7) is 3.84. The Morgan fingerprint density at radius 3 is 2.35 bits per heavy atom. The van der Waals surface area contributed by atoms with Crippen LogP contribution >= 0.6 is 15.9 Å². The summed E-state index contributed by atoms with van der Waals surface area (Å²) < 4.78 is 29.4. The number of benzene rings is 1. The third kappa shape index (κ3) is 3.45. The van der Waals surface area contributed by atoms with Crippen LogP contribution < -0.4 is 4.74 Å². The van der Waals surface area contributed by atoms with Crippen LogP contribution in [-0.2, 0) is 9.84 Å². The molecule has 0 amide bonds. The van der Waals surface area contributed by atoms with E-state index in [1.54, 1.807) is 12.1 Å². The van der Waals surface area contributed by atoms with Crippen molar-refractivity contribution in [1.29, 1.82) is 0 Å². The lowest BCUT2D eigenvalue weighted by molar-refractivity contribution is 0.402. The van der Waals surface area contributed by atoms with Crippen LogP contribution in [0.25, 0.3) is 0 Å². The molecule has 0 spiro atoms. The minimum atomic E-state index is -3.26. The highest BCUT2D eigenvalue weighted by molar-refractivity contribution is 9.09. The Kier molecular flexibility index (Phi) is 5.01. The largest absolute Gasteiger partial charge is 0.495 e. The molecule has 17 heavy (non-hydrogen) atoms. The molecule has 1 rings (SSSR count). The number of rotatable bonds is 5. The lowest BCUT2D eigenvalue weighted by Crippen LogP contribution is -2.09. The monoisotopic (exact) mass is 320 g/mol. The average molecular weight is 321 g/mol. The highest BCUT2D eigenvalue weighted by Crippen LogP contribution is 2.28. The number of alkyl halides is 1. The molecule has 96 valence electrons. The van der Waals surface area contributed by atoms with Gasteiger partial charge in [0.2, 0.25) is 0 Å². The van der Waals surface area contributed by atoms with Crippen molar-refractivity contribution in [2.75, 3.05) is 18.2 Å². The summed E-state index contributed by atoms with van der Waals surface area (Å²) in [7, 11) is -1.77. The van der Waals surface area contributed by atoms with Crippen molar-refractivity contribution >= 4 is 25.8 Å². The zero-order chi connectivity index (χ0) is 13.1.